The van der Waals surface area contributed by atoms with E-state index in [1.165, 1.54) is 0 Å². The van der Waals surface area contributed by atoms with Crippen molar-refractivity contribution in [2.45, 2.75) is 69.3 Å². The zero-order valence-corrected chi connectivity index (χ0v) is 19.5. The number of carboxylic acid groups (broad SMARTS) is 3. The van der Waals surface area contributed by atoms with E-state index in [1.54, 1.807) is 0 Å². The summed E-state index contributed by atoms with van der Waals surface area (Å²) in [5, 5.41) is 43.2. The van der Waals surface area contributed by atoms with Crippen LogP contribution >= 0.6 is 0 Å². The predicted octanol–water partition coefficient (Wildman–Crippen LogP) is -4.37. The van der Waals surface area contributed by atoms with Crippen molar-refractivity contribution in [3.63, 3.8) is 0 Å². The van der Waals surface area contributed by atoms with Crippen molar-refractivity contribution in [2.24, 2.45) is 22.2 Å². The zero-order valence-electron chi connectivity index (χ0n) is 19.5. The number of carboxylic acids is 3. The molecule has 0 aromatic carbocycles. The molecule has 0 fully saturated rings. The van der Waals surface area contributed by atoms with Gasteiger partial charge in [0.2, 0.25) is 17.7 Å². The first-order valence-electron chi connectivity index (χ1n) is 10.7. The fourth-order valence-corrected chi connectivity index (χ4v) is 2.78. The maximum atomic E-state index is 12.9. The molecule has 36 heavy (non-hydrogen) atoms. The van der Waals surface area contributed by atoms with Crippen molar-refractivity contribution in [3.05, 3.63) is 0 Å². The van der Waals surface area contributed by atoms with Crippen LogP contribution in [0.5, 0.6) is 0 Å². The molecule has 0 bridgehead atoms. The third-order valence-corrected chi connectivity index (χ3v) is 4.63. The van der Waals surface area contributed by atoms with E-state index in [0.717, 1.165) is 6.92 Å². The number of guanidine groups is 1. The van der Waals surface area contributed by atoms with Crippen LogP contribution in [0.1, 0.15) is 39.0 Å². The Balaban J connectivity index is 5.55. The molecular weight excluding hydrogens is 486 g/mol. The van der Waals surface area contributed by atoms with Crippen molar-refractivity contribution in [1.82, 2.24) is 16.0 Å². The Bertz CT molecular complexity index is 844. The number of aliphatic hydroxyl groups is 1. The SMILES string of the molecule is CC(O)C(NC(=O)C(CCCN=C(N)N)NC(=O)C(N)CC(=O)O)C(=O)NC(CCC(=O)O)C(=O)O. The molecule has 0 spiro atoms. The predicted molar refractivity (Wildman–Crippen MR) is 122 cm³/mol. The molecule has 3 amide bonds. The van der Waals surface area contributed by atoms with E-state index < -0.39 is 85.2 Å². The van der Waals surface area contributed by atoms with E-state index in [0.29, 0.717) is 0 Å². The molecule has 0 rings (SSSR count). The van der Waals surface area contributed by atoms with E-state index in [9.17, 15) is 39.0 Å². The number of hydrogen-bond donors (Lipinski definition) is 10. The van der Waals surface area contributed by atoms with Gasteiger partial charge in [-0.2, -0.15) is 0 Å². The first kappa shape index (κ1) is 32.0. The van der Waals surface area contributed by atoms with Gasteiger partial charge < -0.3 is 53.6 Å². The minimum Gasteiger partial charge on any atom is -0.481 e. The zero-order chi connectivity index (χ0) is 28.0. The number of amides is 3. The number of rotatable bonds is 17. The molecule has 0 radical (unpaired) electrons. The quantitative estimate of drug-likeness (QED) is 0.0493. The Hall–Kier alpha value is -3.99. The summed E-state index contributed by atoms with van der Waals surface area (Å²) in [7, 11) is 0. The lowest BCUT2D eigenvalue weighted by molar-refractivity contribution is -0.144. The molecule has 0 saturated carbocycles. The Morgan fingerprint density at radius 1 is 0.833 bits per heavy atom. The Morgan fingerprint density at radius 3 is 1.89 bits per heavy atom. The summed E-state index contributed by atoms with van der Waals surface area (Å²) in [5.41, 5.74) is 16.0. The number of carbonyl (C=O) groups is 6. The molecule has 0 heterocycles. The highest BCUT2D eigenvalue weighted by Crippen LogP contribution is 2.05. The first-order valence-corrected chi connectivity index (χ1v) is 10.7. The molecule has 17 nitrogen and oxygen atoms in total. The van der Waals surface area contributed by atoms with Crippen LogP contribution in [0.3, 0.4) is 0 Å². The van der Waals surface area contributed by atoms with Crippen LogP contribution in [0.4, 0.5) is 0 Å². The molecule has 0 aromatic rings. The van der Waals surface area contributed by atoms with Gasteiger partial charge in [-0.3, -0.25) is 29.0 Å². The minimum atomic E-state index is -1.69. The van der Waals surface area contributed by atoms with Gasteiger partial charge in [0.05, 0.1) is 18.6 Å². The lowest BCUT2D eigenvalue weighted by Gasteiger charge is -2.26. The van der Waals surface area contributed by atoms with E-state index in [4.69, 9.17) is 27.4 Å². The highest BCUT2D eigenvalue weighted by atomic mass is 16.4. The van der Waals surface area contributed by atoms with Crippen molar-refractivity contribution in [2.75, 3.05) is 6.54 Å². The molecule has 0 aromatic heterocycles. The van der Waals surface area contributed by atoms with Gasteiger partial charge in [0.1, 0.15) is 18.1 Å². The Kier molecular flexibility index (Phi) is 14.1. The summed E-state index contributed by atoms with van der Waals surface area (Å²) < 4.78 is 0. The number of nitrogens with zero attached hydrogens (tertiary/aromatic N) is 1. The van der Waals surface area contributed by atoms with Crippen LogP contribution in [0.25, 0.3) is 0 Å². The van der Waals surface area contributed by atoms with Gasteiger partial charge in [-0.05, 0) is 26.2 Å². The highest BCUT2D eigenvalue weighted by Gasteiger charge is 2.33. The van der Waals surface area contributed by atoms with Crippen molar-refractivity contribution in [1.29, 1.82) is 0 Å². The smallest absolute Gasteiger partial charge is 0.326 e. The second kappa shape index (κ2) is 15.8. The van der Waals surface area contributed by atoms with Gasteiger partial charge in [-0.1, -0.05) is 0 Å². The highest BCUT2D eigenvalue weighted by molar-refractivity contribution is 5.95. The number of nitrogens with one attached hydrogen (secondary N) is 3. The molecule has 5 atom stereocenters. The molecule has 0 saturated heterocycles. The van der Waals surface area contributed by atoms with Gasteiger partial charge in [0.15, 0.2) is 5.96 Å². The van der Waals surface area contributed by atoms with Crippen LogP contribution < -0.4 is 33.2 Å². The molecular formula is C19H33N7O10. The molecule has 17 heteroatoms. The van der Waals surface area contributed by atoms with Crippen molar-refractivity contribution < 1.29 is 49.2 Å². The standard InChI is InChI=1S/C19H33N7O10/c1-8(27)14(17(34)25-11(18(35)36)4-5-12(28)29)26-16(33)10(3-2-6-23-19(21)22)24-15(32)9(20)7-13(30)31/h8-11,14,27H,2-7,20H2,1H3,(H,24,32)(H,25,34)(H,26,33)(H,28,29)(H,30,31)(H,35,36)(H4,21,22,23). The summed E-state index contributed by atoms with van der Waals surface area (Å²) in [5.74, 6) is -7.47. The van der Waals surface area contributed by atoms with E-state index in [1.807, 2.05) is 5.32 Å². The first-order chi connectivity index (χ1) is 16.6. The van der Waals surface area contributed by atoms with Gasteiger partial charge in [0, 0.05) is 13.0 Å². The van der Waals surface area contributed by atoms with Gasteiger partial charge in [0.25, 0.3) is 0 Å². The third kappa shape index (κ3) is 13.0. The van der Waals surface area contributed by atoms with Crippen LogP contribution in [-0.4, -0.2) is 98.8 Å². The normalized spacial score (nSPS) is 14.8. The Labute approximate surface area is 205 Å². The van der Waals surface area contributed by atoms with E-state index in [-0.39, 0.29) is 25.3 Å². The second-order valence-corrected chi connectivity index (χ2v) is 7.77. The number of aliphatic carboxylic acids is 3. The van der Waals surface area contributed by atoms with Crippen LogP contribution in [-0.2, 0) is 28.8 Å². The Morgan fingerprint density at radius 2 is 1.42 bits per heavy atom. The second-order valence-electron chi connectivity index (χ2n) is 7.77. The van der Waals surface area contributed by atoms with Gasteiger partial charge in [-0.15, -0.1) is 0 Å². The molecule has 204 valence electrons. The van der Waals surface area contributed by atoms with Gasteiger partial charge >= 0.3 is 17.9 Å². The molecule has 0 aliphatic heterocycles. The summed E-state index contributed by atoms with van der Waals surface area (Å²) in [6.07, 6.45) is -3.20. The lowest BCUT2D eigenvalue weighted by atomic mass is 10.1. The van der Waals surface area contributed by atoms with Crippen LogP contribution in [0.15, 0.2) is 4.99 Å². The van der Waals surface area contributed by atoms with Crippen molar-refractivity contribution in [3.8, 4) is 0 Å². The summed E-state index contributed by atoms with van der Waals surface area (Å²) >= 11 is 0. The number of aliphatic imine (C=N–C) groups is 1. The minimum absolute atomic E-state index is 0.0628. The summed E-state index contributed by atoms with van der Waals surface area (Å²) in [4.78, 5) is 74.3. The lowest BCUT2D eigenvalue weighted by Crippen LogP contribution is -2.59. The molecule has 0 aliphatic carbocycles. The molecule has 0 aliphatic rings. The monoisotopic (exact) mass is 519 g/mol. The fraction of sp³-hybridized carbons (Fsp3) is 0.632. The number of aliphatic hydroxyl groups excluding tert-OH is 1. The average molecular weight is 520 g/mol. The average Bonchev–Trinajstić information content (AvgIpc) is 2.75. The van der Waals surface area contributed by atoms with Gasteiger partial charge in [-0.25, -0.2) is 4.79 Å². The van der Waals surface area contributed by atoms with E-state index in [2.05, 4.69) is 15.6 Å². The number of nitrogens with two attached hydrogens (primary N) is 3. The van der Waals surface area contributed by atoms with Crippen LogP contribution in [0, 0.1) is 0 Å². The van der Waals surface area contributed by atoms with Crippen LogP contribution in [0.2, 0.25) is 0 Å². The third-order valence-electron chi connectivity index (χ3n) is 4.63. The van der Waals surface area contributed by atoms with Crippen molar-refractivity contribution >= 4 is 41.6 Å². The number of carbonyl (C=O) groups excluding carboxylic acids is 3. The van der Waals surface area contributed by atoms with E-state index >= 15 is 0 Å². The number of hydrogen-bond acceptors (Lipinski definition) is 9. The topological polar surface area (TPSA) is 310 Å². The maximum Gasteiger partial charge on any atom is 0.326 e. The summed E-state index contributed by atoms with van der Waals surface area (Å²) in [6, 6.07) is -6.15. The molecule has 13 N–H and O–H groups in total. The summed E-state index contributed by atoms with van der Waals surface area (Å²) in [6.45, 7) is 1.19. The fourth-order valence-electron chi connectivity index (χ4n) is 2.78. The molecule has 5 unspecified atom stereocenters. The maximum absolute atomic E-state index is 12.9. The largest absolute Gasteiger partial charge is 0.481 e.